The minimum absolute atomic E-state index is 0.229. The first-order valence-corrected chi connectivity index (χ1v) is 9.28. The lowest BCUT2D eigenvalue weighted by molar-refractivity contribution is -0.125. The molecular formula is C19H27F2N3O. The first-order chi connectivity index (χ1) is 12.0. The maximum Gasteiger partial charge on any atom is 0.237 e. The van der Waals surface area contributed by atoms with Gasteiger partial charge >= 0.3 is 0 Å². The number of hydrogen-bond donors (Lipinski definition) is 2. The molecule has 3 rings (SSSR count). The van der Waals surface area contributed by atoms with Crippen molar-refractivity contribution in [1.29, 1.82) is 0 Å². The molecule has 4 nitrogen and oxygen atoms in total. The van der Waals surface area contributed by atoms with Crippen molar-refractivity contribution in [2.75, 3.05) is 18.0 Å². The fourth-order valence-corrected chi connectivity index (χ4v) is 4.15. The number of nitrogens with two attached hydrogens (primary N) is 1. The van der Waals surface area contributed by atoms with Gasteiger partial charge in [-0.3, -0.25) is 4.79 Å². The first kappa shape index (κ1) is 18.1. The third-order valence-electron chi connectivity index (χ3n) is 5.67. The molecule has 1 amide bonds. The molecule has 2 aliphatic rings. The lowest BCUT2D eigenvalue weighted by Crippen LogP contribution is -2.60. The van der Waals surface area contributed by atoms with E-state index in [9.17, 15) is 13.6 Å². The van der Waals surface area contributed by atoms with Gasteiger partial charge in [-0.05, 0) is 37.8 Å². The van der Waals surface area contributed by atoms with Crippen LogP contribution in [0, 0.1) is 11.6 Å². The van der Waals surface area contributed by atoms with E-state index in [1.54, 1.807) is 6.07 Å². The van der Waals surface area contributed by atoms with Crippen molar-refractivity contribution in [2.45, 2.75) is 62.9 Å². The van der Waals surface area contributed by atoms with Gasteiger partial charge in [-0.25, -0.2) is 8.78 Å². The highest BCUT2D eigenvalue weighted by Gasteiger charge is 2.39. The molecule has 0 atom stereocenters. The Kier molecular flexibility index (Phi) is 5.57. The highest BCUT2D eigenvalue weighted by atomic mass is 19.2. The zero-order valence-electron chi connectivity index (χ0n) is 14.6. The molecule has 1 heterocycles. The predicted molar refractivity (Wildman–Crippen MR) is 94.4 cm³/mol. The summed E-state index contributed by atoms with van der Waals surface area (Å²) >= 11 is 0. The fourth-order valence-electron chi connectivity index (χ4n) is 4.15. The van der Waals surface area contributed by atoms with Crippen LogP contribution < -0.4 is 16.0 Å². The molecule has 1 aliphatic heterocycles. The number of anilines is 1. The average Bonchev–Trinajstić information content (AvgIpc) is 2.85. The van der Waals surface area contributed by atoms with Gasteiger partial charge < -0.3 is 16.0 Å². The Morgan fingerprint density at radius 3 is 2.28 bits per heavy atom. The van der Waals surface area contributed by atoms with E-state index >= 15 is 0 Å². The summed E-state index contributed by atoms with van der Waals surface area (Å²) in [6, 6.07) is 4.26. The van der Waals surface area contributed by atoms with Gasteiger partial charge in [0.05, 0.1) is 5.54 Å². The molecule has 1 saturated carbocycles. The van der Waals surface area contributed by atoms with Crippen molar-refractivity contribution in [3.8, 4) is 0 Å². The molecule has 1 aliphatic carbocycles. The molecule has 0 unspecified atom stereocenters. The monoisotopic (exact) mass is 351 g/mol. The highest BCUT2D eigenvalue weighted by Crippen LogP contribution is 2.29. The van der Waals surface area contributed by atoms with Crippen LogP contribution in [0.25, 0.3) is 0 Å². The number of nitrogens with one attached hydrogen (secondary N) is 1. The summed E-state index contributed by atoms with van der Waals surface area (Å²) in [5, 5.41) is 3.57. The van der Waals surface area contributed by atoms with Crippen LogP contribution in [0.5, 0.6) is 0 Å². The van der Waals surface area contributed by atoms with Crippen LogP contribution in [0.4, 0.5) is 14.5 Å². The van der Waals surface area contributed by atoms with Crippen molar-refractivity contribution in [3.05, 3.63) is 29.8 Å². The van der Waals surface area contributed by atoms with Crippen LogP contribution in [-0.2, 0) is 4.79 Å². The number of rotatable bonds is 4. The SMILES string of the molecule is NC(=O)C1(NC2CCN(c3ccc(F)c(F)c3)CC2)CCCCCC1. The van der Waals surface area contributed by atoms with Crippen LogP contribution in [0.1, 0.15) is 51.4 Å². The fraction of sp³-hybridized carbons (Fsp3) is 0.632. The lowest BCUT2D eigenvalue weighted by atomic mass is 9.87. The minimum atomic E-state index is -0.822. The molecule has 0 bridgehead atoms. The number of carbonyl (C=O) groups is 1. The molecule has 138 valence electrons. The van der Waals surface area contributed by atoms with E-state index in [-0.39, 0.29) is 11.9 Å². The quantitative estimate of drug-likeness (QED) is 0.820. The van der Waals surface area contributed by atoms with Crippen molar-refractivity contribution in [2.24, 2.45) is 5.73 Å². The van der Waals surface area contributed by atoms with Crippen molar-refractivity contribution in [1.82, 2.24) is 5.32 Å². The Hall–Kier alpha value is -1.69. The second-order valence-electron chi connectivity index (χ2n) is 7.36. The van der Waals surface area contributed by atoms with Gasteiger partial charge in [-0.15, -0.1) is 0 Å². The predicted octanol–water partition coefficient (Wildman–Crippen LogP) is 3.10. The third-order valence-corrected chi connectivity index (χ3v) is 5.67. The van der Waals surface area contributed by atoms with E-state index in [1.165, 1.54) is 12.1 Å². The minimum Gasteiger partial charge on any atom is -0.371 e. The number of benzene rings is 1. The average molecular weight is 351 g/mol. The van der Waals surface area contributed by atoms with Crippen LogP contribution in [0.2, 0.25) is 0 Å². The van der Waals surface area contributed by atoms with Gasteiger partial charge in [0.25, 0.3) is 0 Å². The summed E-state index contributed by atoms with van der Waals surface area (Å²) in [6.45, 7) is 1.50. The number of carbonyl (C=O) groups excluding carboxylic acids is 1. The van der Waals surface area contributed by atoms with Crippen molar-refractivity contribution >= 4 is 11.6 Å². The van der Waals surface area contributed by atoms with Gasteiger partial charge in [-0.1, -0.05) is 25.7 Å². The molecule has 0 radical (unpaired) electrons. The van der Waals surface area contributed by atoms with Gasteiger partial charge in [-0.2, -0.15) is 0 Å². The van der Waals surface area contributed by atoms with Crippen LogP contribution in [0.15, 0.2) is 18.2 Å². The number of hydrogen-bond acceptors (Lipinski definition) is 3. The highest BCUT2D eigenvalue weighted by molar-refractivity contribution is 5.84. The number of halogens is 2. The van der Waals surface area contributed by atoms with Crippen LogP contribution >= 0.6 is 0 Å². The number of primary amides is 1. The lowest BCUT2D eigenvalue weighted by Gasteiger charge is -2.40. The van der Waals surface area contributed by atoms with Crippen LogP contribution in [-0.4, -0.2) is 30.6 Å². The topological polar surface area (TPSA) is 58.4 Å². The molecule has 2 fully saturated rings. The van der Waals surface area contributed by atoms with E-state index in [2.05, 4.69) is 10.2 Å². The Labute approximate surface area is 147 Å². The molecular weight excluding hydrogens is 324 g/mol. The number of amides is 1. The molecule has 1 saturated heterocycles. The van der Waals surface area contributed by atoms with Gasteiger partial charge in [0.2, 0.25) is 5.91 Å². The summed E-state index contributed by atoms with van der Waals surface area (Å²) < 4.78 is 26.5. The number of nitrogens with zero attached hydrogens (tertiary/aromatic N) is 1. The Bertz CT molecular complexity index is 607. The van der Waals surface area contributed by atoms with Gasteiger partial charge in [0, 0.05) is 30.9 Å². The van der Waals surface area contributed by atoms with E-state index < -0.39 is 17.2 Å². The van der Waals surface area contributed by atoms with E-state index in [0.717, 1.165) is 64.5 Å². The zero-order chi connectivity index (χ0) is 17.9. The van der Waals surface area contributed by atoms with E-state index in [1.807, 2.05) is 0 Å². The largest absolute Gasteiger partial charge is 0.371 e. The Morgan fingerprint density at radius 1 is 1.08 bits per heavy atom. The molecule has 1 aromatic carbocycles. The summed E-state index contributed by atoms with van der Waals surface area (Å²) in [4.78, 5) is 14.2. The van der Waals surface area contributed by atoms with E-state index in [4.69, 9.17) is 5.73 Å². The second-order valence-corrected chi connectivity index (χ2v) is 7.36. The van der Waals surface area contributed by atoms with Crippen molar-refractivity contribution in [3.63, 3.8) is 0 Å². The van der Waals surface area contributed by atoms with E-state index in [0.29, 0.717) is 5.69 Å². The Morgan fingerprint density at radius 2 is 1.72 bits per heavy atom. The maximum atomic E-state index is 13.4. The summed E-state index contributed by atoms with van der Waals surface area (Å²) in [7, 11) is 0. The van der Waals surface area contributed by atoms with Gasteiger partial charge in [0.15, 0.2) is 11.6 Å². The second kappa shape index (κ2) is 7.68. The third kappa shape index (κ3) is 4.11. The molecule has 6 heteroatoms. The van der Waals surface area contributed by atoms with Crippen molar-refractivity contribution < 1.29 is 13.6 Å². The summed E-state index contributed by atoms with van der Waals surface area (Å²) in [6.07, 6.45) is 7.71. The summed E-state index contributed by atoms with van der Waals surface area (Å²) in [5.74, 6) is -1.88. The Balaban J connectivity index is 1.61. The number of piperidine rings is 1. The van der Waals surface area contributed by atoms with Crippen LogP contribution in [0.3, 0.4) is 0 Å². The molecule has 0 aromatic heterocycles. The maximum absolute atomic E-state index is 13.4. The molecule has 3 N–H and O–H groups in total. The molecule has 0 spiro atoms. The normalized spacial score (nSPS) is 21.8. The zero-order valence-corrected chi connectivity index (χ0v) is 14.6. The first-order valence-electron chi connectivity index (χ1n) is 9.28. The summed E-state index contributed by atoms with van der Waals surface area (Å²) in [5.41, 5.74) is 5.88. The van der Waals surface area contributed by atoms with Gasteiger partial charge in [0.1, 0.15) is 0 Å². The smallest absolute Gasteiger partial charge is 0.237 e. The molecule has 25 heavy (non-hydrogen) atoms. The molecule has 1 aromatic rings. The standard InChI is InChI=1S/C19H27F2N3O/c20-16-6-5-15(13-17(16)21)24-11-7-14(8-12-24)23-19(18(22)25)9-3-1-2-4-10-19/h5-6,13-14,23H,1-4,7-12H2,(H2,22,25).